The highest BCUT2D eigenvalue weighted by Gasteiger charge is 2.11. The molecule has 0 unspecified atom stereocenters. The molecule has 0 spiro atoms. The predicted octanol–water partition coefficient (Wildman–Crippen LogP) is 2.10. The molecule has 2 rings (SSSR count). The Morgan fingerprint density at radius 3 is 2.59 bits per heavy atom. The molecule has 0 aliphatic heterocycles. The minimum Gasteiger partial charge on any atom is -0.496 e. The van der Waals surface area contributed by atoms with E-state index in [1.54, 1.807) is 0 Å². The van der Waals surface area contributed by atoms with Crippen LogP contribution in [0.3, 0.4) is 0 Å². The number of halogens is 1. The molecule has 17 heavy (non-hydrogen) atoms. The minimum absolute atomic E-state index is 0.207. The van der Waals surface area contributed by atoms with Crippen LogP contribution in [0.2, 0.25) is 0 Å². The molecule has 86 valence electrons. The van der Waals surface area contributed by atoms with E-state index in [9.17, 15) is 9.18 Å². The summed E-state index contributed by atoms with van der Waals surface area (Å²) in [5, 5.41) is 0. The second kappa shape index (κ2) is 4.69. The molecule has 2 aromatic rings. The number of rotatable bonds is 3. The van der Waals surface area contributed by atoms with Gasteiger partial charge in [-0.05, 0) is 6.07 Å². The first kappa shape index (κ1) is 11.2. The second-order valence-electron chi connectivity index (χ2n) is 3.32. The number of methoxy groups -OCH3 is 1. The quantitative estimate of drug-likeness (QED) is 0.760. The summed E-state index contributed by atoms with van der Waals surface area (Å²) in [4.78, 5) is 18.5. The van der Waals surface area contributed by atoms with Gasteiger partial charge in [0.25, 0.3) is 0 Å². The summed E-state index contributed by atoms with van der Waals surface area (Å²) in [6.45, 7) is 0. The Kier molecular flexibility index (Phi) is 3.09. The SMILES string of the molecule is COc1cc(F)c(-c2cncnc2)cc1C=O. The van der Waals surface area contributed by atoms with Gasteiger partial charge in [-0.15, -0.1) is 0 Å². The smallest absolute Gasteiger partial charge is 0.153 e. The normalized spacial score (nSPS) is 10.0. The van der Waals surface area contributed by atoms with Gasteiger partial charge in [-0.2, -0.15) is 0 Å². The summed E-state index contributed by atoms with van der Waals surface area (Å²) < 4.78 is 18.7. The molecule has 0 saturated carbocycles. The van der Waals surface area contributed by atoms with Crippen LogP contribution in [0.1, 0.15) is 10.4 Å². The van der Waals surface area contributed by atoms with Gasteiger partial charge in [0.1, 0.15) is 17.9 Å². The standard InChI is InChI=1S/C12H9FN2O2/c1-17-12-3-11(13)10(2-8(12)6-16)9-4-14-7-15-5-9/h2-7H,1H3. The molecule has 0 radical (unpaired) electrons. The average molecular weight is 232 g/mol. The van der Waals surface area contributed by atoms with Crippen molar-refractivity contribution in [3.8, 4) is 16.9 Å². The number of aromatic nitrogens is 2. The maximum absolute atomic E-state index is 13.8. The van der Waals surface area contributed by atoms with Gasteiger partial charge in [-0.3, -0.25) is 4.79 Å². The van der Waals surface area contributed by atoms with E-state index in [-0.39, 0.29) is 16.9 Å². The molecule has 0 aliphatic carbocycles. The third-order valence-electron chi connectivity index (χ3n) is 2.32. The van der Waals surface area contributed by atoms with E-state index in [0.717, 1.165) is 0 Å². The van der Waals surface area contributed by atoms with E-state index in [1.807, 2.05) is 0 Å². The van der Waals surface area contributed by atoms with Crippen LogP contribution in [0.15, 0.2) is 30.9 Å². The van der Waals surface area contributed by atoms with E-state index < -0.39 is 5.82 Å². The van der Waals surface area contributed by atoms with Crippen molar-refractivity contribution < 1.29 is 13.9 Å². The van der Waals surface area contributed by atoms with Gasteiger partial charge in [-0.1, -0.05) is 0 Å². The third-order valence-corrected chi connectivity index (χ3v) is 2.32. The van der Waals surface area contributed by atoms with Crippen LogP contribution in [0.4, 0.5) is 4.39 Å². The van der Waals surface area contributed by atoms with Gasteiger partial charge >= 0.3 is 0 Å². The fraction of sp³-hybridized carbons (Fsp3) is 0.0833. The Morgan fingerprint density at radius 2 is 2.00 bits per heavy atom. The lowest BCUT2D eigenvalue weighted by atomic mass is 10.0. The van der Waals surface area contributed by atoms with Crippen LogP contribution in [-0.2, 0) is 0 Å². The molecule has 4 nitrogen and oxygen atoms in total. The number of carbonyl (C=O) groups excluding carboxylic acids is 1. The van der Waals surface area contributed by atoms with Crippen LogP contribution in [0, 0.1) is 5.82 Å². The van der Waals surface area contributed by atoms with Crippen molar-refractivity contribution in [2.75, 3.05) is 7.11 Å². The molecule has 0 bridgehead atoms. The van der Waals surface area contributed by atoms with Crippen LogP contribution in [0.25, 0.3) is 11.1 Å². The van der Waals surface area contributed by atoms with E-state index in [1.165, 1.54) is 38.0 Å². The van der Waals surface area contributed by atoms with Crippen molar-refractivity contribution in [2.24, 2.45) is 0 Å². The van der Waals surface area contributed by atoms with E-state index in [4.69, 9.17) is 4.74 Å². The number of nitrogens with zero attached hydrogens (tertiary/aromatic N) is 2. The molecule has 1 heterocycles. The summed E-state index contributed by atoms with van der Waals surface area (Å²) in [7, 11) is 1.38. The number of hydrogen-bond donors (Lipinski definition) is 0. The van der Waals surface area contributed by atoms with Gasteiger partial charge in [0.05, 0.1) is 12.7 Å². The van der Waals surface area contributed by atoms with Crippen molar-refractivity contribution in [1.29, 1.82) is 0 Å². The molecule has 0 saturated heterocycles. The Balaban J connectivity index is 2.59. The van der Waals surface area contributed by atoms with Gasteiger partial charge in [0, 0.05) is 29.6 Å². The number of hydrogen-bond acceptors (Lipinski definition) is 4. The Labute approximate surface area is 97.1 Å². The van der Waals surface area contributed by atoms with E-state index in [0.29, 0.717) is 11.8 Å². The second-order valence-corrected chi connectivity index (χ2v) is 3.32. The maximum atomic E-state index is 13.8. The Morgan fingerprint density at radius 1 is 1.29 bits per heavy atom. The molecule has 0 N–H and O–H groups in total. The molecule has 0 amide bonds. The lowest BCUT2D eigenvalue weighted by Gasteiger charge is -2.07. The Hall–Kier alpha value is -2.30. The number of aldehydes is 1. The summed E-state index contributed by atoms with van der Waals surface area (Å²) in [6.07, 6.45) is 4.93. The number of benzene rings is 1. The predicted molar refractivity (Wildman–Crippen MR) is 59.4 cm³/mol. The number of ether oxygens (including phenoxy) is 1. The monoisotopic (exact) mass is 232 g/mol. The first-order valence-electron chi connectivity index (χ1n) is 4.84. The molecule has 0 aliphatic rings. The number of carbonyl (C=O) groups is 1. The topological polar surface area (TPSA) is 52.1 Å². The van der Waals surface area contributed by atoms with Gasteiger partial charge in [0.2, 0.25) is 0 Å². The van der Waals surface area contributed by atoms with Crippen LogP contribution < -0.4 is 4.74 Å². The zero-order valence-electron chi connectivity index (χ0n) is 9.05. The van der Waals surface area contributed by atoms with E-state index in [2.05, 4.69) is 9.97 Å². The van der Waals surface area contributed by atoms with Crippen LogP contribution in [0.5, 0.6) is 5.75 Å². The maximum Gasteiger partial charge on any atom is 0.153 e. The van der Waals surface area contributed by atoms with Gasteiger partial charge < -0.3 is 4.74 Å². The lowest BCUT2D eigenvalue weighted by molar-refractivity contribution is 0.112. The molecular weight excluding hydrogens is 223 g/mol. The Bertz CT molecular complexity index is 544. The fourth-order valence-electron chi connectivity index (χ4n) is 1.50. The average Bonchev–Trinajstić information content (AvgIpc) is 2.39. The zero-order chi connectivity index (χ0) is 12.3. The van der Waals surface area contributed by atoms with E-state index >= 15 is 0 Å². The van der Waals surface area contributed by atoms with Crippen LogP contribution in [-0.4, -0.2) is 23.4 Å². The third kappa shape index (κ3) is 2.13. The lowest BCUT2D eigenvalue weighted by Crippen LogP contribution is -1.95. The van der Waals surface area contributed by atoms with Crippen molar-refractivity contribution in [3.05, 3.63) is 42.2 Å². The van der Waals surface area contributed by atoms with Crippen molar-refractivity contribution in [1.82, 2.24) is 9.97 Å². The molecule has 5 heteroatoms. The largest absolute Gasteiger partial charge is 0.496 e. The zero-order valence-corrected chi connectivity index (χ0v) is 9.05. The summed E-state index contributed by atoms with van der Waals surface area (Å²) in [6, 6.07) is 2.59. The molecule has 0 atom stereocenters. The summed E-state index contributed by atoms with van der Waals surface area (Å²) >= 11 is 0. The molecule has 1 aromatic carbocycles. The summed E-state index contributed by atoms with van der Waals surface area (Å²) in [5.41, 5.74) is 1.07. The van der Waals surface area contributed by atoms with Crippen molar-refractivity contribution in [3.63, 3.8) is 0 Å². The fourth-order valence-corrected chi connectivity index (χ4v) is 1.50. The first-order chi connectivity index (χ1) is 8.26. The molecule has 0 fully saturated rings. The molecular formula is C12H9FN2O2. The van der Waals surface area contributed by atoms with Gasteiger partial charge in [-0.25, -0.2) is 14.4 Å². The van der Waals surface area contributed by atoms with Crippen molar-refractivity contribution in [2.45, 2.75) is 0 Å². The van der Waals surface area contributed by atoms with Crippen molar-refractivity contribution >= 4 is 6.29 Å². The summed E-state index contributed by atoms with van der Waals surface area (Å²) in [5.74, 6) is -0.277. The minimum atomic E-state index is -0.484. The first-order valence-corrected chi connectivity index (χ1v) is 4.84. The highest BCUT2D eigenvalue weighted by atomic mass is 19.1. The molecule has 1 aromatic heterocycles. The highest BCUT2D eigenvalue weighted by molar-refractivity contribution is 5.83. The van der Waals surface area contributed by atoms with Crippen LogP contribution >= 0.6 is 0 Å². The van der Waals surface area contributed by atoms with Gasteiger partial charge in [0.15, 0.2) is 6.29 Å². The highest BCUT2D eigenvalue weighted by Crippen LogP contribution is 2.28.